The van der Waals surface area contributed by atoms with Gasteiger partial charge in [0.1, 0.15) is 11.9 Å². The summed E-state index contributed by atoms with van der Waals surface area (Å²) in [5.74, 6) is 1.60. The van der Waals surface area contributed by atoms with Crippen molar-refractivity contribution in [2.45, 2.75) is 25.9 Å². The standard InChI is InChI=1S/C16H18BrN3O/c1-2-18-16-13(17)14(11-7-4-3-5-8-11)19-15(20-16)12-9-6-10-21-12/h3-5,7-8,12H,2,6,9-10H2,1H3,(H,18,19,20). The minimum Gasteiger partial charge on any atom is -0.370 e. The van der Waals surface area contributed by atoms with Gasteiger partial charge in [0.05, 0.1) is 10.2 Å². The topological polar surface area (TPSA) is 47.0 Å². The zero-order chi connectivity index (χ0) is 14.7. The van der Waals surface area contributed by atoms with Crippen LogP contribution in [0.15, 0.2) is 34.8 Å². The molecule has 0 aliphatic carbocycles. The maximum absolute atomic E-state index is 5.73. The molecule has 1 saturated heterocycles. The molecule has 4 nitrogen and oxygen atoms in total. The zero-order valence-corrected chi connectivity index (χ0v) is 13.6. The highest BCUT2D eigenvalue weighted by Gasteiger charge is 2.23. The molecule has 110 valence electrons. The van der Waals surface area contributed by atoms with E-state index < -0.39 is 0 Å². The van der Waals surface area contributed by atoms with Crippen LogP contribution in [-0.2, 0) is 4.74 Å². The van der Waals surface area contributed by atoms with Crippen LogP contribution in [0.3, 0.4) is 0 Å². The summed E-state index contributed by atoms with van der Waals surface area (Å²) in [4.78, 5) is 9.38. The summed E-state index contributed by atoms with van der Waals surface area (Å²) in [6, 6.07) is 10.2. The molecule has 1 fully saturated rings. The monoisotopic (exact) mass is 347 g/mol. The van der Waals surface area contributed by atoms with Crippen LogP contribution in [0.5, 0.6) is 0 Å². The number of rotatable bonds is 4. The molecule has 1 aromatic carbocycles. The Morgan fingerprint density at radius 1 is 1.29 bits per heavy atom. The molecule has 2 heterocycles. The number of aromatic nitrogens is 2. The van der Waals surface area contributed by atoms with Gasteiger partial charge in [-0.05, 0) is 35.7 Å². The molecule has 0 amide bonds. The predicted molar refractivity (Wildman–Crippen MR) is 87.3 cm³/mol. The van der Waals surface area contributed by atoms with Crippen LogP contribution in [0.2, 0.25) is 0 Å². The van der Waals surface area contributed by atoms with Crippen molar-refractivity contribution in [3.05, 3.63) is 40.6 Å². The van der Waals surface area contributed by atoms with Gasteiger partial charge in [0.15, 0.2) is 5.82 Å². The fraction of sp³-hybridized carbons (Fsp3) is 0.375. The van der Waals surface area contributed by atoms with Gasteiger partial charge in [-0.3, -0.25) is 0 Å². The molecule has 2 aromatic rings. The van der Waals surface area contributed by atoms with Crippen molar-refractivity contribution in [2.75, 3.05) is 18.5 Å². The van der Waals surface area contributed by atoms with Gasteiger partial charge in [0.25, 0.3) is 0 Å². The molecule has 1 unspecified atom stereocenters. The van der Waals surface area contributed by atoms with Crippen molar-refractivity contribution < 1.29 is 4.74 Å². The van der Waals surface area contributed by atoms with Gasteiger partial charge < -0.3 is 10.1 Å². The second-order valence-electron chi connectivity index (χ2n) is 4.99. The molecule has 1 aliphatic rings. The minimum absolute atomic E-state index is 0.0120. The van der Waals surface area contributed by atoms with E-state index in [1.165, 1.54) is 0 Å². The van der Waals surface area contributed by atoms with E-state index in [1.54, 1.807) is 0 Å². The second kappa shape index (κ2) is 6.54. The van der Waals surface area contributed by atoms with Crippen molar-refractivity contribution in [3.63, 3.8) is 0 Å². The number of ether oxygens (including phenoxy) is 1. The number of nitrogens with zero attached hydrogens (tertiary/aromatic N) is 2. The van der Waals surface area contributed by atoms with Crippen molar-refractivity contribution in [1.82, 2.24) is 9.97 Å². The number of halogens is 1. The van der Waals surface area contributed by atoms with Gasteiger partial charge in [-0.2, -0.15) is 0 Å². The Labute approximate surface area is 133 Å². The summed E-state index contributed by atoms with van der Waals surface area (Å²) >= 11 is 3.63. The van der Waals surface area contributed by atoms with Crippen molar-refractivity contribution >= 4 is 21.7 Å². The molecular formula is C16H18BrN3O. The molecule has 0 bridgehead atoms. The summed E-state index contributed by atoms with van der Waals surface area (Å²) < 4.78 is 6.64. The third-order valence-corrected chi connectivity index (χ3v) is 4.23. The Hall–Kier alpha value is -1.46. The predicted octanol–water partition coefficient (Wildman–Crippen LogP) is 4.19. The normalized spacial score (nSPS) is 17.9. The lowest BCUT2D eigenvalue weighted by atomic mass is 10.1. The van der Waals surface area contributed by atoms with E-state index in [1.807, 2.05) is 18.2 Å². The van der Waals surface area contributed by atoms with Crippen LogP contribution in [0, 0.1) is 0 Å². The fourth-order valence-electron chi connectivity index (χ4n) is 2.46. The van der Waals surface area contributed by atoms with Crippen molar-refractivity contribution in [3.8, 4) is 11.3 Å². The van der Waals surface area contributed by atoms with E-state index in [0.717, 1.165) is 53.4 Å². The Morgan fingerprint density at radius 2 is 2.10 bits per heavy atom. The Bertz CT molecular complexity index is 612. The van der Waals surface area contributed by atoms with Gasteiger partial charge in [0.2, 0.25) is 0 Å². The first-order chi connectivity index (χ1) is 10.3. The highest BCUT2D eigenvalue weighted by molar-refractivity contribution is 9.10. The smallest absolute Gasteiger partial charge is 0.160 e. The average Bonchev–Trinajstić information content (AvgIpc) is 3.05. The first-order valence-corrected chi connectivity index (χ1v) is 8.07. The summed E-state index contributed by atoms with van der Waals surface area (Å²) in [7, 11) is 0. The molecule has 1 atom stereocenters. The van der Waals surface area contributed by atoms with Gasteiger partial charge >= 0.3 is 0 Å². The van der Waals surface area contributed by atoms with Crippen LogP contribution in [-0.4, -0.2) is 23.1 Å². The Balaban J connectivity index is 2.08. The maximum atomic E-state index is 5.73. The van der Waals surface area contributed by atoms with Gasteiger partial charge in [0, 0.05) is 18.7 Å². The molecule has 0 saturated carbocycles. The lowest BCUT2D eigenvalue weighted by Crippen LogP contribution is -2.09. The highest BCUT2D eigenvalue weighted by atomic mass is 79.9. The lowest BCUT2D eigenvalue weighted by molar-refractivity contribution is 0.105. The molecule has 21 heavy (non-hydrogen) atoms. The van der Waals surface area contributed by atoms with Gasteiger partial charge in [-0.15, -0.1) is 0 Å². The number of nitrogens with one attached hydrogen (secondary N) is 1. The third-order valence-electron chi connectivity index (χ3n) is 3.48. The van der Waals surface area contributed by atoms with Crippen molar-refractivity contribution in [2.24, 2.45) is 0 Å². The van der Waals surface area contributed by atoms with Crippen LogP contribution >= 0.6 is 15.9 Å². The quantitative estimate of drug-likeness (QED) is 0.900. The number of anilines is 1. The molecule has 0 spiro atoms. The van der Waals surface area contributed by atoms with E-state index in [2.05, 4.69) is 45.3 Å². The van der Waals surface area contributed by atoms with E-state index in [4.69, 9.17) is 9.72 Å². The van der Waals surface area contributed by atoms with E-state index in [-0.39, 0.29) is 6.10 Å². The van der Waals surface area contributed by atoms with Crippen LogP contribution in [0.25, 0.3) is 11.3 Å². The van der Waals surface area contributed by atoms with E-state index in [9.17, 15) is 0 Å². The largest absolute Gasteiger partial charge is 0.370 e. The van der Waals surface area contributed by atoms with Gasteiger partial charge in [-0.1, -0.05) is 30.3 Å². The lowest BCUT2D eigenvalue weighted by Gasteiger charge is -2.15. The number of hydrogen-bond donors (Lipinski definition) is 1. The van der Waals surface area contributed by atoms with E-state index >= 15 is 0 Å². The highest BCUT2D eigenvalue weighted by Crippen LogP contribution is 2.35. The second-order valence-corrected chi connectivity index (χ2v) is 5.78. The van der Waals surface area contributed by atoms with Gasteiger partial charge in [-0.25, -0.2) is 9.97 Å². The molecule has 5 heteroatoms. The zero-order valence-electron chi connectivity index (χ0n) is 12.0. The SMILES string of the molecule is CCNc1nc(C2CCCO2)nc(-c2ccccc2)c1Br. The molecule has 1 aliphatic heterocycles. The Kier molecular flexibility index (Phi) is 4.51. The molecule has 1 aromatic heterocycles. The molecule has 1 N–H and O–H groups in total. The van der Waals surface area contributed by atoms with Crippen LogP contribution in [0.4, 0.5) is 5.82 Å². The number of benzene rings is 1. The maximum Gasteiger partial charge on any atom is 0.160 e. The summed E-state index contributed by atoms with van der Waals surface area (Å²) in [6.45, 7) is 3.67. The van der Waals surface area contributed by atoms with Crippen molar-refractivity contribution in [1.29, 1.82) is 0 Å². The first-order valence-electron chi connectivity index (χ1n) is 7.28. The molecule has 0 radical (unpaired) electrons. The Morgan fingerprint density at radius 3 is 2.76 bits per heavy atom. The summed E-state index contributed by atoms with van der Waals surface area (Å²) in [5, 5.41) is 3.30. The van der Waals surface area contributed by atoms with Crippen LogP contribution < -0.4 is 5.32 Å². The fourth-order valence-corrected chi connectivity index (χ4v) is 3.01. The third kappa shape index (κ3) is 3.09. The first kappa shape index (κ1) is 14.5. The average molecular weight is 348 g/mol. The van der Waals surface area contributed by atoms with Crippen LogP contribution in [0.1, 0.15) is 31.7 Å². The number of hydrogen-bond acceptors (Lipinski definition) is 4. The summed E-state index contributed by atoms with van der Waals surface area (Å²) in [5.41, 5.74) is 1.98. The molecular weight excluding hydrogens is 330 g/mol. The minimum atomic E-state index is 0.0120. The molecule has 3 rings (SSSR count). The van der Waals surface area contributed by atoms with E-state index in [0.29, 0.717) is 0 Å². The summed E-state index contributed by atoms with van der Waals surface area (Å²) in [6.07, 6.45) is 2.07.